The van der Waals surface area contributed by atoms with Crippen molar-refractivity contribution in [1.82, 2.24) is 0 Å². The van der Waals surface area contributed by atoms with Crippen molar-refractivity contribution in [1.29, 1.82) is 0 Å². The van der Waals surface area contributed by atoms with Crippen LogP contribution in [0.5, 0.6) is 5.75 Å². The molecule has 7 nitrogen and oxygen atoms in total. The number of anilines is 1. The smallest absolute Gasteiger partial charge is 0.328 e. The Kier molecular flexibility index (Phi) is 5.94. The van der Waals surface area contributed by atoms with Gasteiger partial charge in [0.05, 0.1) is 12.8 Å². The van der Waals surface area contributed by atoms with Crippen LogP contribution in [0.2, 0.25) is 0 Å². The number of methoxy groups -OCH3 is 1. The molecule has 0 aliphatic rings. The van der Waals surface area contributed by atoms with Crippen molar-refractivity contribution in [2.45, 2.75) is 6.92 Å². The molecule has 0 unspecified atom stereocenters. The maximum atomic E-state index is 11.5. The highest BCUT2D eigenvalue weighted by molar-refractivity contribution is 5.94. The number of nitrogens with one attached hydrogen (secondary N) is 1. The molecule has 21 heavy (non-hydrogen) atoms. The third-order valence-electron chi connectivity index (χ3n) is 2.32. The molecule has 7 heteroatoms. The van der Waals surface area contributed by atoms with E-state index in [2.05, 4.69) is 10.1 Å². The molecule has 2 N–H and O–H groups in total. The minimum atomic E-state index is -1.06. The van der Waals surface area contributed by atoms with Crippen molar-refractivity contribution in [2.24, 2.45) is 0 Å². The fourth-order valence-electron chi connectivity index (χ4n) is 1.44. The lowest BCUT2D eigenvalue weighted by molar-refractivity contribution is -0.144. The molecule has 0 fully saturated rings. The Bertz CT molecular complexity index is 579. The van der Waals surface area contributed by atoms with E-state index in [1.54, 1.807) is 18.2 Å². The SMILES string of the molecule is COc1cc(C=CC(=O)O)ccc1NC(=O)COC(C)=O. The van der Waals surface area contributed by atoms with Crippen molar-refractivity contribution in [3.05, 3.63) is 29.8 Å². The molecule has 0 radical (unpaired) electrons. The van der Waals surface area contributed by atoms with Gasteiger partial charge in [-0.15, -0.1) is 0 Å². The highest BCUT2D eigenvalue weighted by Gasteiger charge is 2.09. The van der Waals surface area contributed by atoms with Crippen LogP contribution < -0.4 is 10.1 Å². The standard InChI is InChI=1S/C14H15NO6/c1-9(16)21-8-13(17)15-11-5-3-10(4-6-14(18)19)7-12(11)20-2/h3-7H,8H2,1-2H3,(H,15,17)(H,18,19). The van der Waals surface area contributed by atoms with Gasteiger partial charge in [-0.05, 0) is 23.8 Å². The maximum Gasteiger partial charge on any atom is 0.328 e. The molecule has 0 spiro atoms. The average Bonchev–Trinajstić information content (AvgIpc) is 2.43. The van der Waals surface area contributed by atoms with E-state index < -0.39 is 17.8 Å². The fraction of sp³-hybridized carbons (Fsp3) is 0.214. The van der Waals surface area contributed by atoms with Crippen molar-refractivity contribution in [3.8, 4) is 5.75 Å². The second-order valence-electron chi connectivity index (χ2n) is 3.96. The van der Waals surface area contributed by atoms with Crippen LogP contribution in [-0.4, -0.2) is 36.7 Å². The molecule has 1 rings (SSSR count). The van der Waals surface area contributed by atoms with Gasteiger partial charge in [0.25, 0.3) is 5.91 Å². The topological polar surface area (TPSA) is 102 Å². The monoisotopic (exact) mass is 293 g/mol. The minimum Gasteiger partial charge on any atom is -0.495 e. The van der Waals surface area contributed by atoms with Gasteiger partial charge in [-0.25, -0.2) is 4.79 Å². The molecule has 1 amide bonds. The van der Waals surface area contributed by atoms with Crippen LogP contribution in [0, 0.1) is 0 Å². The van der Waals surface area contributed by atoms with Crippen LogP contribution in [0.4, 0.5) is 5.69 Å². The van der Waals surface area contributed by atoms with E-state index in [4.69, 9.17) is 9.84 Å². The quantitative estimate of drug-likeness (QED) is 0.605. The third kappa shape index (κ3) is 5.77. The number of amides is 1. The van der Waals surface area contributed by atoms with Crippen LogP contribution >= 0.6 is 0 Å². The first-order valence-electron chi connectivity index (χ1n) is 5.94. The molecular formula is C14H15NO6. The summed E-state index contributed by atoms with van der Waals surface area (Å²) in [5.41, 5.74) is 0.995. The van der Waals surface area contributed by atoms with Gasteiger partial charge in [0.15, 0.2) is 6.61 Å². The summed E-state index contributed by atoms with van der Waals surface area (Å²) >= 11 is 0. The van der Waals surface area contributed by atoms with E-state index in [-0.39, 0.29) is 6.61 Å². The van der Waals surface area contributed by atoms with E-state index in [9.17, 15) is 14.4 Å². The second-order valence-corrected chi connectivity index (χ2v) is 3.96. The molecule has 0 aliphatic heterocycles. The van der Waals surface area contributed by atoms with Gasteiger partial charge in [0, 0.05) is 13.0 Å². The number of hydrogen-bond acceptors (Lipinski definition) is 5. The van der Waals surface area contributed by atoms with Crippen molar-refractivity contribution in [3.63, 3.8) is 0 Å². The number of esters is 1. The number of ether oxygens (including phenoxy) is 2. The summed E-state index contributed by atoms with van der Waals surface area (Å²) < 4.78 is 9.69. The predicted octanol–water partition coefficient (Wildman–Crippen LogP) is 1.29. The molecule has 1 aromatic rings. The Morgan fingerprint density at radius 2 is 2.05 bits per heavy atom. The lowest BCUT2D eigenvalue weighted by Crippen LogP contribution is -2.20. The first kappa shape index (κ1) is 16.2. The summed E-state index contributed by atoms with van der Waals surface area (Å²) in [5, 5.41) is 11.1. The second kappa shape index (κ2) is 7.68. The van der Waals surface area contributed by atoms with E-state index in [0.29, 0.717) is 17.0 Å². The largest absolute Gasteiger partial charge is 0.495 e. The zero-order chi connectivity index (χ0) is 15.8. The molecule has 0 aliphatic carbocycles. The summed E-state index contributed by atoms with van der Waals surface area (Å²) in [6, 6.07) is 4.75. The van der Waals surface area contributed by atoms with Crippen molar-refractivity contribution < 1.29 is 29.0 Å². The molecule has 0 bridgehead atoms. The molecule has 0 saturated heterocycles. The van der Waals surface area contributed by atoms with E-state index >= 15 is 0 Å². The predicted molar refractivity (Wildman–Crippen MR) is 74.9 cm³/mol. The van der Waals surface area contributed by atoms with E-state index in [1.165, 1.54) is 20.1 Å². The fourth-order valence-corrected chi connectivity index (χ4v) is 1.44. The lowest BCUT2D eigenvalue weighted by Gasteiger charge is -2.11. The number of carbonyl (C=O) groups is 3. The third-order valence-corrected chi connectivity index (χ3v) is 2.32. The van der Waals surface area contributed by atoms with Crippen LogP contribution in [-0.2, 0) is 19.1 Å². The molecule has 0 saturated carbocycles. The van der Waals surface area contributed by atoms with Crippen LogP contribution in [0.15, 0.2) is 24.3 Å². The Morgan fingerprint density at radius 1 is 1.33 bits per heavy atom. The zero-order valence-corrected chi connectivity index (χ0v) is 11.6. The lowest BCUT2D eigenvalue weighted by atomic mass is 10.1. The van der Waals surface area contributed by atoms with Gasteiger partial charge in [0.1, 0.15) is 5.75 Å². The van der Waals surface area contributed by atoms with Gasteiger partial charge < -0.3 is 19.9 Å². The maximum absolute atomic E-state index is 11.5. The van der Waals surface area contributed by atoms with Gasteiger partial charge in [-0.1, -0.05) is 6.07 Å². The average molecular weight is 293 g/mol. The van der Waals surface area contributed by atoms with Crippen molar-refractivity contribution >= 4 is 29.6 Å². The highest BCUT2D eigenvalue weighted by atomic mass is 16.5. The summed E-state index contributed by atoms with van der Waals surface area (Å²) in [6.07, 6.45) is 2.39. The zero-order valence-electron chi connectivity index (χ0n) is 11.6. The number of carboxylic acids is 1. The van der Waals surface area contributed by atoms with Gasteiger partial charge in [-0.2, -0.15) is 0 Å². The Hall–Kier alpha value is -2.83. The summed E-state index contributed by atoms with van der Waals surface area (Å²) in [6.45, 7) is 0.816. The van der Waals surface area contributed by atoms with Gasteiger partial charge in [-0.3, -0.25) is 9.59 Å². The van der Waals surface area contributed by atoms with Gasteiger partial charge >= 0.3 is 11.9 Å². The van der Waals surface area contributed by atoms with Crippen LogP contribution in [0.1, 0.15) is 12.5 Å². The number of carbonyl (C=O) groups excluding carboxylic acids is 2. The first-order valence-corrected chi connectivity index (χ1v) is 5.94. The number of aliphatic carboxylic acids is 1. The highest BCUT2D eigenvalue weighted by Crippen LogP contribution is 2.26. The molecule has 112 valence electrons. The number of benzene rings is 1. The summed E-state index contributed by atoms with van der Waals surface area (Å²) in [5.74, 6) is -1.75. The normalized spacial score (nSPS) is 10.2. The Labute approximate surface area is 121 Å². The number of hydrogen-bond donors (Lipinski definition) is 2. The van der Waals surface area contributed by atoms with Crippen LogP contribution in [0.3, 0.4) is 0 Å². The Balaban J connectivity index is 2.81. The van der Waals surface area contributed by atoms with Crippen LogP contribution in [0.25, 0.3) is 6.08 Å². The molecule has 1 aromatic carbocycles. The molecule has 0 heterocycles. The van der Waals surface area contributed by atoms with E-state index in [0.717, 1.165) is 6.08 Å². The van der Waals surface area contributed by atoms with Crippen molar-refractivity contribution in [2.75, 3.05) is 19.0 Å². The van der Waals surface area contributed by atoms with E-state index in [1.807, 2.05) is 0 Å². The summed E-state index contributed by atoms with van der Waals surface area (Å²) in [7, 11) is 1.42. The molecular weight excluding hydrogens is 278 g/mol. The molecule has 0 aromatic heterocycles. The number of rotatable bonds is 6. The first-order chi connectivity index (χ1) is 9.92. The molecule has 0 atom stereocenters. The Morgan fingerprint density at radius 3 is 2.62 bits per heavy atom. The minimum absolute atomic E-state index is 0.360. The number of carboxylic acid groups (broad SMARTS) is 1. The van der Waals surface area contributed by atoms with Gasteiger partial charge in [0.2, 0.25) is 0 Å². The summed E-state index contributed by atoms with van der Waals surface area (Å²) in [4.78, 5) is 32.6.